The number of para-hydroxylation sites is 1. The molecule has 1 fully saturated rings. The number of hydrogen-bond acceptors (Lipinski definition) is 5. The summed E-state index contributed by atoms with van der Waals surface area (Å²) in [5.74, 6) is 1.10. The lowest BCUT2D eigenvalue weighted by atomic mass is 9.90. The van der Waals surface area contributed by atoms with Crippen LogP contribution in [-0.4, -0.2) is 29.6 Å². The first-order valence-corrected chi connectivity index (χ1v) is 7.98. The van der Waals surface area contributed by atoms with Crippen LogP contribution >= 0.6 is 24.8 Å². The zero-order valence-electron chi connectivity index (χ0n) is 14.2. The molecular formula is C18H23Cl2N3O3. The van der Waals surface area contributed by atoms with Gasteiger partial charge in [-0.25, -0.2) is 4.98 Å². The molecule has 1 aliphatic heterocycles. The summed E-state index contributed by atoms with van der Waals surface area (Å²) in [6.45, 7) is 1.44. The van der Waals surface area contributed by atoms with Gasteiger partial charge in [0, 0.05) is 32.0 Å². The summed E-state index contributed by atoms with van der Waals surface area (Å²) in [5, 5.41) is 2.88. The molecule has 0 aliphatic carbocycles. The normalized spacial score (nSPS) is 15.1. The van der Waals surface area contributed by atoms with Gasteiger partial charge in [0.05, 0.1) is 5.54 Å². The van der Waals surface area contributed by atoms with E-state index in [0.29, 0.717) is 38.5 Å². The molecule has 142 valence electrons. The summed E-state index contributed by atoms with van der Waals surface area (Å²) in [5.41, 5.74) is 6.21. The van der Waals surface area contributed by atoms with Crippen molar-refractivity contribution in [2.24, 2.45) is 5.73 Å². The van der Waals surface area contributed by atoms with Gasteiger partial charge in [-0.15, -0.1) is 24.8 Å². The van der Waals surface area contributed by atoms with E-state index in [1.54, 1.807) is 12.3 Å². The molecule has 0 atom stereocenters. The van der Waals surface area contributed by atoms with E-state index in [2.05, 4.69) is 10.3 Å². The van der Waals surface area contributed by atoms with Crippen LogP contribution < -0.4 is 15.8 Å². The Bertz CT molecular complexity index is 678. The highest BCUT2D eigenvalue weighted by molar-refractivity contribution is 5.86. The first-order valence-electron chi connectivity index (χ1n) is 7.98. The zero-order valence-corrected chi connectivity index (χ0v) is 15.9. The van der Waals surface area contributed by atoms with Crippen molar-refractivity contribution in [1.82, 2.24) is 10.3 Å². The maximum Gasteiger partial charge on any atom is 0.240 e. The number of ether oxygens (including phenoxy) is 2. The van der Waals surface area contributed by atoms with Crippen molar-refractivity contribution in [2.75, 3.05) is 13.2 Å². The number of rotatable bonds is 5. The first kappa shape index (κ1) is 22.2. The van der Waals surface area contributed by atoms with E-state index in [0.717, 1.165) is 11.3 Å². The summed E-state index contributed by atoms with van der Waals surface area (Å²) in [6, 6.07) is 13.1. The Kier molecular flexibility index (Phi) is 8.81. The number of aromatic nitrogens is 1. The van der Waals surface area contributed by atoms with Crippen LogP contribution in [0.25, 0.3) is 0 Å². The third-order valence-corrected chi connectivity index (χ3v) is 4.05. The van der Waals surface area contributed by atoms with Crippen LogP contribution in [0.3, 0.4) is 0 Å². The Labute approximate surface area is 165 Å². The number of nitrogens with two attached hydrogens (primary N) is 1. The predicted octanol–water partition coefficient (Wildman–Crippen LogP) is 2.84. The highest BCUT2D eigenvalue weighted by Crippen LogP contribution is 2.19. The van der Waals surface area contributed by atoms with Crippen LogP contribution in [0, 0.1) is 0 Å². The maximum atomic E-state index is 12.3. The molecule has 6 nitrogen and oxygen atoms in total. The van der Waals surface area contributed by atoms with Gasteiger partial charge in [-0.1, -0.05) is 24.3 Å². The monoisotopic (exact) mass is 399 g/mol. The van der Waals surface area contributed by atoms with Gasteiger partial charge in [0.15, 0.2) is 0 Å². The number of amides is 1. The van der Waals surface area contributed by atoms with Crippen LogP contribution in [-0.2, 0) is 16.1 Å². The van der Waals surface area contributed by atoms with Crippen LogP contribution in [0.5, 0.6) is 11.6 Å². The van der Waals surface area contributed by atoms with Crippen molar-refractivity contribution in [3.63, 3.8) is 0 Å². The molecule has 8 heteroatoms. The van der Waals surface area contributed by atoms with Crippen LogP contribution in [0.2, 0.25) is 0 Å². The number of nitrogens with one attached hydrogen (secondary N) is 1. The average molecular weight is 400 g/mol. The first-order chi connectivity index (χ1) is 11.7. The third kappa shape index (κ3) is 5.85. The molecule has 0 unspecified atom stereocenters. The molecule has 0 bridgehead atoms. The number of benzene rings is 1. The second kappa shape index (κ2) is 10.3. The number of carbonyl (C=O) groups excluding carboxylic acids is 1. The highest BCUT2D eigenvalue weighted by atomic mass is 35.5. The second-order valence-electron chi connectivity index (χ2n) is 5.87. The van der Waals surface area contributed by atoms with E-state index < -0.39 is 5.54 Å². The van der Waals surface area contributed by atoms with Crippen molar-refractivity contribution < 1.29 is 14.3 Å². The molecule has 26 heavy (non-hydrogen) atoms. The van der Waals surface area contributed by atoms with E-state index in [9.17, 15) is 4.79 Å². The van der Waals surface area contributed by atoms with E-state index in [4.69, 9.17) is 15.2 Å². The fourth-order valence-electron chi connectivity index (χ4n) is 2.51. The van der Waals surface area contributed by atoms with Crippen LogP contribution in [0.1, 0.15) is 18.4 Å². The van der Waals surface area contributed by atoms with Gasteiger partial charge < -0.3 is 20.5 Å². The fraction of sp³-hybridized carbons (Fsp3) is 0.333. The lowest BCUT2D eigenvalue weighted by Crippen LogP contribution is -2.56. The summed E-state index contributed by atoms with van der Waals surface area (Å²) in [6.07, 6.45) is 2.77. The minimum Gasteiger partial charge on any atom is -0.439 e. The summed E-state index contributed by atoms with van der Waals surface area (Å²) in [4.78, 5) is 16.5. The lowest BCUT2D eigenvalue weighted by Gasteiger charge is -2.31. The van der Waals surface area contributed by atoms with E-state index in [1.807, 2.05) is 36.4 Å². The highest BCUT2D eigenvalue weighted by Gasteiger charge is 2.35. The molecule has 1 saturated heterocycles. The molecule has 1 aromatic heterocycles. The van der Waals surface area contributed by atoms with E-state index in [1.165, 1.54) is 0 Å². The summed E-state index contributed by atoms with van der Waals surface area (Å²) < 4.78 is 10.9. The SMILES string of the molecule is Cl.Cl.NC1(C(=O)NCc2ccc(Oc3ccccc3)nc2)CCOCC1. The molecule has 1 aliphatic rings. The molecule has 0 saturated carbocycles. The molecule has 0 radical (unpaired) electrons. The van der Waals surface area contributed by atoms with Gasteiger partial charge in [-0.2, -0.15) is 0 Å². The van der Waals surface area contributed by atoms with Crippen LogP contribution in [0.4, 0.5) is 0 Å². The minimum absolute atomic E-state index is 0. The second-order valence-corrected chi connectivity index (χ2v) is 5.87. The molecule has 2 heterocycles. The quantitative estimate of drug-likeness (QED) is 0.806. The number of halogens is 2. The maximum absolute atomic E-state index is 12.3. The molecule has 0 spiro atoms. The standard InChI is InChI=1S/C18H21N3O3.2ClH/c19-18(8-10-23-11-9-18)17(22)21-13-14-6-7-16(20-12-14)24-15-4-2-1-3-5-15;;/h1-7,12H,8-11,13,19H2,(H,21,22);2*1H. The van der Waals surface area contributed by atoms with Crippen molar-refractivity contribution in [1.29, 1.82) is 0 Å². The largest absolute Gasteiger partial charge is 0.439 e. The summed E-state index contributed by atoms with van der Waals surface area (Å²) >= 11 is 0. The lowest BCUT2D eigenvalue weighted by molar-refractivity contribution is -0.129. The van der Waals surface area contributed by atoms with Crippen molar-refractivity contribution in [2.45, 2.75) is 24.9 Å². The van der Waals surface area contributed by atoms with E-state index >= 15 is 0 Å². The molecule has 1 amide bonds. The predicted molar refractivity (Wildman–Crippen MR) is 104 cm³/mol. The van der Waals surface area contributed by atoms with Crippen LogP contribution in [0.15, 0.2) is 48.7 Å². The molecule has 3 N–H and O–H groups in total. The Hall–Kier alpha value is -1.86. The van der Waals surface area contributed by atoms with Crippen molar-refractivity contribution in [3.8, 4) is 11.6 Å². The van der Waals surface area contributed by atoms with Gasteiger partial charge in [0.1, 0.15) is 5.75 Å². The smallest absolute Gasteiger partial charge is 0.240 e. The minimum atomic E-state index is -0.831. The molecular weight excluding hydrogens is 377 g/mol. The van der Waals surface area contributed by atoms with Gasteiger partial charge in [0.25, 0.3) is 0 Å². The average Bonchev–Trinajstić information content (AvgIpc) is 2.62. The van der Waals surface area contributed by atoms with Gasteiger partial charge in [-0.3, -0.25) is 4.79 Å². The molecule has 1 aromatic carbocycles. The van der Waals surface area contributed by atoms with Gasteiger partial charge in [-0.05, 0) is 30.5 Å². The van der Waals surface area contributed by atoms with Crippen molar-refractivity contribution in [3.05, 3.63) is 54.2 Å². The Balaban J connectivity index is 0.00000169. The Morgan fingerprint density at radius 2 is 1.85 bits per heavy atom. The topological polar surface area (TPSA) is 86.5 Å². The molecule has 2 aromatic rings. The zero-order chi connectivity index (χ0) is 16.8. The van der Waals surface area contributed by atoms with Gasteiger partial charge >= 0.3 is 0 Å². The van der Waals surface area contributed by atoms with E-state index in [-0.39, 0.29) is 30.7 Å². The Morgan fingerprint density at radius 3 is 2.46 bits per heavy atom. The third-order valence-electron chi connectivity index (χ3n) is 4.05. The number of pyridine rings is 1. The van der Waals surface area contributed by atoms with Crippen molar-refractivity contribution >= 4 is 30.7 Å². The number of carbonyl (C=O) groups is 1. The Morgan fingerprint density at radius 1 is 1.15 bits per heavy atom. The number of nitrogens with zero attached hydrogens (tertiary/aromatic N) is 1. The summed E-state index contributed by atoms with van der Waals surface area (Å²) in [7, 11) is 0. The number of hydrogen-bond donors (Lipinski definition) is 2. The fourth-order valence-corrected chi connectivity index (χ4v) is 2.51. The molecule has 3 rings (SSSR count). The van der Waals surface area contributed by atoms with Gasteiger partial charge in [0.2, 0.25) is 11.8 Å².